The van der Waals surface area contributed by atoms with E-state index in [1.54, 1.807) is 80.7 Å². The van der Waals surface area contributed by atoms with Gasteiger partial charge >= 0.3 is 5.97 Å². The highest BCUT2D eigenvalue weighted by molar-refractivity contribution is 7.89. The van der Waals surface area contributed by atoms with Gasteiger partial charge in [0.15, 0.2) is 5.78 Å². The quantitative estimate of drug-likeness (QED) is 0.0647. The molecule has 2 fully saturated rings. The van der Waals surface area contributed by atoms with Crippen molar-refractivity contribution in [2.45, 2.75) is 206 Å². The zero-order valence-corrected chi connectivity index (χ0v) is 61.0. The molecule has 12 atom stereocenters. The molecule has 0 radical (unpaired) electrons. The van der Waals surface area contributed by atoms with E-state index in [4.69, 9.17) is 9.47 Å². The third-order valence-corrected chi connectivity index (χ3v) is 19.8. The zero-order chi connectivity index (χ0) is 74.4. The Labute approximate surface area is 596 Å². The number of benzene rings is 4. The third-order valence-electron chi connectivity index (χ3n) is 19.2. The molecule has 3 aliphatic rings. The molecule has 8 amide bonds. The number of hydrogen-bond donors (Lipinski definition) is 8. The SMILES string of the molecule is CC[C@@H](C)C(=O)N[C@H](C(=O)N1CC[C@@H]2OC/C=C/CC[C@@H](C(=O)O)NC(=O)[C@H](Cc3ccc4ccccc4c3)NC(=O)[C@@H]3[C@H](CCN3C(=O)[C@@H](NC(=O)[C@H](C)NC)C(C)(C)C)OCc3cn(nn3)[C@H](C(=O)NS(C)(=O)=O)CCCCC(=O)[C@H](Cc3ccc4ccccc4c3)NC(=O)[C@H]21)C(C)(C)C. The summed E-state index contributed by atoms with van der Waals surface area (Å²) in [6.45, 7) is 15.4. The molecule has 552 valence electrons. The Hall–Kier alpha value is -8.99. The molecule has 8 rings (SSSR count). The van der Waals surface area contributed by atoms with Crippen LogP contribution < -0.4 is 36.6 Å². The summed E-state index contributed by atoms with van der Waals surface area (Å²) in [7, 11) is -2.55. The fraction of sp³-hybridized carbons (Fsp3) is 0.541. The van der Waals surface area contributed by atoms with Gasteiger partial charge in [-0.15, -0.1) is 5.10 Å². The van der Waals surface area contributed by atoms with E-state index in [1.807, 2.05) is 90.5 Å². The van der Waals surface area contributed by atoms with Crippen molar-refractivity contribution in [3.05, 3.63) is 120 Å². The van der Waals surface area contributed by atoms with Crippen LogP contribution in [0, 0.1) is 16.7 Å². The standard InChI is InChI=1S/C74H100N12O15S/c1-12-44(2)64(88)79-62(73(4,5)6)70(94)84-35-33-58-60(84)68(92)77-54(40-46-29-31-48-22-15-17-24-50(48)38-46)57(87)28-20-19-27-56(67(91)82-102(11,98)99)86-42-52(81-83-86)43-101-59-34-36-85(71(95)63(74(7,8)9)80-65(89)45(3)75-10)61(59)69(93)78-55(41-47-30-32-49-23-16-18-25-51(49)39-47)66(90)76-53(72(96)97)26-14-13-21-37-100-58/h13,15-18,21-25,29-32,38-39,42,44-45,53-56,58-63,75H,12,14,19-20,26-28,33-37,40-41,43H2,1-11H3,(H,76,90)(H,77,92)(H,78,93)(H,79,88)(H,80,89)(H,82,91)(H,96,97)/b21-13+/t44-,45+,53+,54+,55+,56+,58+,59+,60+,61+,62-,63-/m1/s1. The first-order valence-corrected chi connectivity index (χ1v) is 37.0. The highest BCUT2D eigenvalue weighted by Gasteiger charge is 2.50. The van der Waals surface area contributed by atoms with Crippen molar-refractivity contribution in [2.24, 2.45) is 16.7 Å². The maximum Gasteiger partial charge on any atom is 0.326 e. The van der Waals surface area contributed by atoms with E-state index in [9.17, 15) is 42.3 Å². The summed E-state index contributed by atoms with van der Waals surface area (Å²) in [5.74, 6) is -7.58. The number of ether oxygens (including phenoxy) is 2. The third kappa shape index (κ3) is 20.9. The van der Waals surface area contributed by atoms with Crippen molar-refractivity contribution in [1.82, 2.24) is 61.4 Å². The lowest BCUT2D eigenvalue weighted by molar-refractivity contribution is -0.147. The molecule has 0 saturated carbocycles. The van der Waals surface area contributed by atoms with Crippen LogP contribution in [0.2, 0.25) is 0 Å². The van der Waals surface area contributed by atoms with Gasteiger partial charge in [-0.25, -0.2) is 17.9 Å². The Morgan fingerprint density at radius 1 is 0.667 bits per heavy atom. The summed E-state index contributed by atoms with van der Waals surface area (Å²) in [5, 5.41) is 39.9. The molecule has 0 aliphatic carbocycles. The van der Waals surface area contributed by atoms with E-state index in [0.29, 0.717) is 17.5 Å². The van der Waals surface area contributed by atoms with Gasteiger partial charge in [-0.2, -0.15) is 0 Å². The van der Waals surface area contributed by atoms with Gasteiger partial charge in [0, 0.05) is 31.8 Å². The highest BCUT2D eigenvalue weighted by Crippen LogP contribution is 2.32. The summed E-state index contributed by atoms with van der Waals surface area (Å²) in [6, 6.07) is 15.1. The topological polar surface area (TPSA) is 365 Å². The molecular formula is C74H100N12O15S. The number of aromatic nitrogens is 3. The van der Waals surface area contributed by atoms with Gasteiger partial charge in [-0.1, -0.05) is 164 Å². The number of likely N-dealkylation sites (N-methyl/N-ethyl adjacent to an activating group) is 1. The number of carbonyl (C=O) groups is 10. The molecule has 2 bridgehead atoms. The number of allylic oxidation sites excluding steroid dienone is 1. The van der Waals surface area contributed by atoms with Crippen molar-refractivity contribution in [3.8, 4) is 0 Å². The van der Waals surface area contributed by atoms with Crippen molar-refractivity contribution >= 4 is 90.6 Å². The first-order chi connectivity index (χ1) is 48.2. The lowest BCUT2D eigenvalue weighted by Gasteiger charge is -2.37. The number of sulfonamides is 1. The molecule has 8 N–H and O–H groups in total. The van der Waals surface area contributed by atoms with Crippen LogP contribution in [0.1, 0.15) is 143 Å². The molecule has 27 nitrogen and oxygen atoms in total. The van der Waals surface area contributed by atoms with E-state index >= 15 is 19.2 Å². The Kier molecular flexibility index (Phi) is 26.8. The monoisotopic (exact) mass is 1430 g/mol. The maximum absolute atomic E-state index is 15.4. The maximum atomic E-state index is 15.4. The number of Topliss-reactive ketones (excluding diaryl/α,β-unsaturated/α-hetero) is 1. The van der Waals surface area contributed by atoms with E-state index in [0.717, 1.165) is 32.5 Å². The number of carboxylic acid groups (broad SMARTS) is 1. The van der Waals surface area contributed by atoms with Crippen molar-refractivity contribution in [3.63, 3.8) is 0 Å². The number of nitrogens with one attached hydrogen (secondary N) is 7. The van der Waals surface area contributed by atoms with Gasteiger partial charge in [0.1, 0.15) is 48.0 Å². The van der Waals surface area contributed by atoms with Crippen LogP contribution in [0.4, 0.5) is 0 Å². The fourth-order valence-electron chi connectivity index (χ4n) is 13.0. The van der Waals surface area contributed by atoms with Crippen LogP contribution in [0.15, 0.2) is 103 Å². The number of aliphatic carboxylic acids is 1. The molecule has 2 saturated heterocycles. The van der Waals surface area contributed by atoms with Crippen LogP contribution >= 0.6 is 0 Å². The molecular weight excluding hydrogens is 1330 g/mol. The minimum absolute atomic E-state index is 0.0264. The number of rotatable bonds is 15. The van der Waals surface area contributed by atoms with Gasteiger partial charge in [-0.3, -0.25) is 47.9 Å². The smallest absolute Gasteiger partial charge is 0.326 e. The van der Waals surface area contributed by atoms with Crippen molar-refractivity contribution in [2.75, 3.05) is 33.0 Å². The second-order valence-electron chi connectivity index (χ2n) is 29.2. The number of carbonyl (C=O) groups excluding carboxylic acids is 9. The molecule has 0 unspecified atom stereocenters. The summed E-state index contributed by atoms with van der Waals surface area (Å²) in [6.07, 6.45) is 4.00. The highest BCUT2D eigenvalue weighted by atomic mass is 32.2. The van der Waals surface area contributed by atoms with Crippen molar-refractivity contribution < 1.29 is 70.9 Å². The lowest BCUT2D eigenvalue weighted by atomic mass is 9.85. The molecule has 102 heavy (non-hydrogen) atoms. The van der Waals surface area contributed by atoms with Gasteiger partial charge in [0.2, 0.25) is 51.4 Å². The van der Waals surface area contributed by atoms with Gasteiger partial charge in [-0.05, 0) is 109 Å². The summed E-state index contributed by atoms with van der Waals surface area (Å²) >= 11 is 0. The molecule has 0 spiro atoms. The summed E-state index contributed by atoms with van der Waals surface area (Å²) in [5.41, 5.74) is -0.334. The van der Waals surface area contributed by atoms with Crippen LogP contribution in [0.5, 0.6) is 0 Å². The van der Waals surface area contributed by atoms with Crippen LogP contribution in [-0.2, 0) is 86.9 Å². The zero-order valence-electron chi connectivity index (χ0n) is 60.2. The number of fused-ring (bicyclic) bond motifs is 6. The molecule has 5 aromatic rings. The molecule has 3 aliphatic heterocycles. The average Bonchev–Trinajstić information content (AvgIpc) is 1.61. The molecule has 28 heteroatoms. The number of carboxylic acids is 1. The Bertz CT molecular complexity index is 4020. The lowest BCUT2D eigenvalue weighted by Crippen LogP contribution is -2.62. The van der Waals surface area contributed by atoms with Gasteiger partial charge in [0.05, 0.1) is 50.0 Å². The van der Waals surface area contributed by atoms with Crippen LogP contribution in [0.25, 0.3) is 21.5 Å². The van der Waals surface area contributed by atoms with E-state index in [2.05, 4.69) is 42.2 Å². The Morgan fingerprint density at radius 3 is 1.73 bits per heavy atom. The predicted molar refractivity (Wildman–Crippen MR) is 382 cm³/mol. The molecule has 4 heterocycles. The Morgan fingerprint density at radius 2 is 1.20 bits per heavy atom. The Balaban J connectivity index is 1.17. The van der Waals surface area contributed by atoms with Crippen LogP contribution in [-0.4, -0.2) is 191 Å². The minimum atomic E-state index is -4.14. The normalized spacial score (nSPS) is 23.6. The van der Waals surface area contributed by atoms with Gasteiger partial charge < -0.3 is 56.3 Å². The molecule has 1 aromatic heterocycles. The largest absolute Gasteiger partial charge is 0.480 e. The second kappa shape index (κ2) is 34.8. The first-order valence-electron chi connectivity index (χ1n) is 35.1. The van der Waals surface area contributed by atoms with E-state index in [-0.39, 0.29) is 102 Å². The number of amides is 8. The first kappa shape index (κ1) is 78.7. The second-order valence-corrected chi connectivity index (χ2v) is 30.9. The number of hydrogen-bond acceptors (Lipinski definition) is 17. The van der Waals surface area contributed by atoms with Crippen molar-refractivity contribution in [1.29, 1.82) is 0 Å². The number of ketones is 1. The van der Waals surface area contributed by atoms with Crippen LogP contribution in [0.3, 0.4) is 0 Å². The van der Waals surface area contributed by atoms with Gasteiger partial charge in [0.25, 0.3) is 5.91 Å². The average molecular weight is 1430 g/mol. The van der Waals surface area contributed by atoms with E-state index in [1.165, 1.54) is 16.0 Å². The minimum Gasteiger partial charge on any atom is -0.480 e. The summed E-state index contributed by atoms with van der Waals surface area (Å²) in [4.78, 5) is 147. The number of likely N-dealkylation sites (tertiary alicyclic amines) is 2. The number of nitrogens with zero attached hydrogens (tertiary/aromatic N) is 5. The fourth-order valence-corrected chi connectivity index (χ4v) is 13.5. The molecule has 4 aromatic carbocycles. The summed E-state index contributed by atoms with van der Waals surface area (Å²) < 4.78 is 41.4. The predicted octanol–water partition coefficient (Wildman–Crippen LogP) is 4.89. The van der Waals surface area contributed by atoms with E-state index < -0.39 is 146 Å².